The maximum Gasteiger partial charge on any atom is 0.233 e. The molecular formula is C16H21ClN6OS. The van der Waals surface area contributed by atoms with E-state index in [4.69, 9.17) is 11.6 Å². The number of hydrogen-bond donors (Lipinski definition) is 0. The number of tetrazole rings is 1. The highest BCUT2D eigenvalue weighted by Gasteiger charge is 2.22. The molecule has 0 bridgehead atoms. The van der Waals surface area contributed by atoms with Gasteiger partial charge in [0.05, 0.1) is 11.8 Å². The molecule has 1 aliphatic heterocycles. The Hall–Kier alpha value is -1.80. The summed E-state index contributed by atoms with van der Waals surface area (Å²) in [4.78, 5) is 16.6. The fourth-order valence-electron chi connectivity index (χ4n) is 2.71. The number of aromatic nitrogens is 4. The summed E-state index contributed by atoms with van der Waals surface area (Å²) in [5.74, 6) is 0.471. The van der Waals surface area contributed by atoms with E-state index in [1.165, 1.54) is 11.8 Å². The van der Waals surface area contributed by atoms with Gasteiger partial charge in [-0.1, -0.05) is 29.4 Å². The van der Waals surface area contributed by atoms with Crippen molar-refractivity contribution < 1.29 is 4.79 Å². The molecular weight excluding hydrogens is 360 g/mol. The Bertz CT molecular complexity index is 729. The molecule has 1 saturated heterocycles. The van der Waals surface area contributed by atoms with Gasteiger partial charge in [0.25, 0.3) is 0 Å². The first-order chi connectivity index (χ1) is 12.0. The van der Waals surface area contributed by atoms with Crippen LogP contribution in [-0.2, 0) is 4.79 Å². The smallest absolute Gasteiger partial charge is 0.233 e. The van der Waals surface area contributed by atoms with Crippen molar-refractivity contribution in [1.29, 1.82) is 0 Å². The molecule has 7 nitrogen and oxygen atoms in total. The zero-order valence-electron chi connectivity index (χ0n) is 14.3. The van der Waals surface area contributed by atoms with E-state index in [1.54, 1.807) is 4.68 Å². The minimum Gasteiger partial charge on any atom is -0.368 e. The van der Waals surface area contributed by atoms with Gasteiger partial charge >= 0.3 is 0 Å². The molecule has 1 aliphatic rings. The average Bonchev–Trinajstić information content (AvgIpc) is 3.09. The second-order valence-corrected chi connectivity index (χ2v) is 7.52. The molecule has 25 heavy (non-hydrogen) atoms. The zero-order chi connectivity index (χ0) is 17.8. The van der Waals surface area contributed by atoms with Gasteiger partial charge in [0, 0.05) is 36.9 Å². The molecule has 1 fully saturated rings. The van der Waals surface area contributed by atoms with Gasteiger partial charge in [-0.25, -0.2) is 4.68 Å². The van der Waals surface area contributed by atoms with Gasteiger partial charge in [-0.3, -0.25) is 4.79 Å². The van der Waals surface area contributed by atoms with Crippen LogP contribution in [0, 0.1) is 0 Å². The fraction of sp³-hybridized carbons (Fsp3) is 0.500. The molecule has 3 rings (SSSR count). The molecule has 2 aromatic rings. The third kappa shape index (κ3) is 4.43. The van der Waals surface area contributed by atoms with E-state index in [0.29, 0.717) is 24.0 Å². The van der Waals surface area contributed by atoms with E-state index < -0.39 is 0 Å². The van der Waals surface area contributed by atoms with Crippen LogP contribution in [0.1, 0.15) is 19.9 Å². The molecule has 9 heteroatoms. The molecule has 0 aliphatic carbocycles. The topological polar surface area (TPSA) is 67.2 Å². The van der Waals surface area contributed by atoms with Crippen LogP contribution < -0.4 is 4.90 Å². The molecule has 2 heterocycles. The lowest BCUT2D eigenvalue weighted by Crippen LogP contribution is -2.49. The van der Waals surface area contributed by atoms with Crippen molar-refractivity contribution in [1.82, 2.24) is 25.1 Å². The molecule has 0 radical (unpaired) electrons. The molecule has 0 unspecified atom stereocenters. The van der Waals surface area contributed by atoms with Crippen LogP contribution in [0.15, 0.2) is 29.4 Å². The maximum atomic E-state index is 12.5. The van der Waals surface area contributed by atoms with E-state index in [2.05, 4.69) is 20.4 Å². The van der Waals surface area contributed by atoms with Crippen molar-refractivity contribution >= 4 is 35.0 Å². The Kier molecular flexibility index (Phi) is 5.80. The third-order valence-corrected chi connectivity index (χ3v) is 5.24. The summed E-state index contributed by atoms with van der Waals surface area (Å²) >= 11 is 7.44. The number of hydrogen-bond acceptors (Lipinski definition) is 6. The van der Waals surface area contributed by atoms with Crippen molar-refractivity contribution in [3.05, 3.63) is 29.3 Å². The monoisotopic (exact) mass is 380 g/mol. The molecule has 0 saturated carbocycles. The van der Waals surface area contributed by atoms with Crippen LogP contribution in [0.4, 0.5) is 5.69 Å². The van der Waals surface area contributed by atoms with Crippen molar-refractivity contribution in [3.63, 3.8) is 0 Å². The van der Waals surface area contributed by atoms with Crippen LogP contribution in [0.2, 0.25) is 5.02 Å². The van der Waals surface area contributed by atoms with Gasteiger partial charge < -0.3 is 9.80 Å². The number of benzene rings is 1. The van der Waals surface area contributed by atoms with Crippen LogP contribution >= 0.6 is 23.4 Å². The minimum absolute atomic E-state index is 0.119. The number of anilines is 1. The second kappa shape index (κ2) is 8.05. The summed E-state index contributed by atoms with van der Waals surface area (Å²) in [6.07, 6.45) is 0. The third-order valence-electron chi connectivity index (χ3n) is 4.08. The van der Waals surface area contributed by atoms with Crippen molar-refractivity contribution in [2.75, 3.05) is 36.8 Å². The largest absolute Gasteiger partial charge is 0.368 e. The molecule has 1 amide bonds. The Morgan fingerprint density at radius 1 is 1.28 bits per heavy atom. The highest BCUT2D eigenvalue weighted by molar-refractivity contribution is 7.99. The number of thioether (sulfide) groups is 1. The number of amides is 1. The van der Waals surface area contributed by atoms with Gasteiger partial charge in [-0.15, -0.1) is 5.10 Å². The summed E-state index contributed by atoms with van der Waals surface area (Å²) in [7, 11) is 0. The molecule has 0 N–H and O–H groups in total. The molecule has 134 valence electrons. The standard InChI is InChI=1S/C16H21ClN6OS/c1-12(2)23-16(18-19-20-23)25-11-15(24)22-8-6-21(7-9-22)14-5-3-4-13(17)10-14/h3-5,10,12H,6-9,11H2,1-2H3. The lowest BCUT2D eigenvalue weighted by atomic mass is 10.2. The van der Waals surface area contributed by atoms with E-state index in [0.717, 1.165) is 23.8 Å². The molecule has 1 aromatic heterocycles. The van der Waals surface area contributed by atoms with Crippen molar-refractivity contribution in [2.24, 2.45) is 0 Å². The maximum absolute atomic E-state index is 12.5. The Morgan fingerprint density at radius 2 is 2.04 bits per heavy atom. The number of halogens is 1. The van der Waals surface area contributed by atoms with Gasteiger partial charge in [0.2, 0.25) is 11.1 Å². The Labute approximate surface area is 156 Å². The SMILES string of the molecule is CC(C)n1nnnc1SCC(=O)N1CCN(c2cccc(Cl)c2)CC1. The van der Waals surface area contributed by atoms with E-state index >= 15 is 0 Å². The number of nitrogens with zero attached hydrogens (tertiary/aromatic N) is 6. The summed E-state index contributed by atoms with van der Waals surface area (Å²) in [5, 5.41) is 13.0. The van der Waals surface area contributed by atoms with Gasteiger partial charge in [-0.05, 0) is 42.5 Å². The Morgan fingerprint density at radius 3 is 2.72 bits per heavy atom. The predicted octanol–water partition coefficient (Wildman–Crippen LogP) is 2.35. The number of piperazine rings is 1. The number of carbonyl (C=O) groups excluding carboxylic acids is 1. The van der Waals surface area contributed by atoms with Crippen LogP contribution in [0.3, 0.4) is 0 Å². The first kappa shape index (κ1) is 18.0. The molecule has 1 aromatic carbocycles. The van der Waals surface area contributed by atoms with Crippen LogP contribution in [0.5, 0.6) is 0 Å². The lowest BCUT2D eigenvalue weighted by molar-refractivity contribution is -0.128. The normalized spacial score (nSPS) is 15.0. The average molecular weight is 381 g/mol. The molecule has 0 spiro atoms. The first-order valence-electron chi connectivity index (χ1n) is 8.23. The summed E-state index contributed by atoms with van der Waals surface area (Å²) in [6, 6.07) is 8.00. The van der Waals surface area contributed by atoms with Crippen LogP contribution in [0.25, 0.3) is 0 Å². The lowest BCUT2D eigenvalue weighted by Gasteiger charge is -2.36. The number of rotatable bonds is 5. The summed E-state index contributed by atoms with van der Waals surface area (Å²) in [5.41, 5.74) is 1.10. The highest BCUT2D eigenvalue weighted by atomic mass is 35.5. The van der Waals surface area contributed by atoms with Crippen molar-refractivity contribution in [2.45, 2.75) is 25.0 Å². The Balaban J connectivity index is 1.51. The summed E-state index contributed by atoms with van der Waals surface area (Å²) < 4.78 is 1.73. The predicted molar refractivity (Wildman–Crippen MR) is 99.2 cm³/mol. The van der Waals surface area contributed by atoms with E-state index in [9.17, 15) is 4.79 Å². The van der Waals surface area contributed by atoms with Gasteiger partial charge in [0.1, 0.15) is 0 Å². The summed E-state index contributed by atoms with van der Waals surface area (Å²) in [6.45, 7) is 7.05. The van der Waals surface area contributed by atoms with Gasteiger partial charge in [0.15, 0.2) is 0 Å². The zero-order valence-corrected chi connectivity index (χ0v) is 15.9. The van der Waals surface area contributed by atoms with E-state index in [1.807, 2.05) is 43.0 Å². The fourth-order valence-corrected chi connectivity index (χ4v) is 3.80. The van der Waals surface area contributed by atoms with E-state index in [-0.39, 0.29) is 11.9 Å². The molecule has 0 atom stereocenters. The van der Waals surface area contributed by atoms with Crippen LogP contribution in [-0.4, -0.2) is 62.9 Å². The first-order valence-corrected chi connectivity index (χ1v) is 9.60. The quantitative estimate of drug-likeness (QED) is 0.742. The number of carbonyl (C=O) groups is 1. The van der Waals surface area contributed by atoms with Gasteiger partial charge in [-0.2, -0.15) is 0 Å². The second-order valence-electron chi connectivity index (χ2n) is 6.14. The highest BCUT2D eigenvalue weighted by Crippen LogP contribution is 2.22. The minimum atomic E-state index is 0.119. The van der Waals surface area contributed by atoms with Crippen molar-refractivity contribution in [3.8, 4) is 0 Å².